The summed E-state index contributed by atoms with van der Waals surface area (Å²) in [5.74, 6) is -0.522. The van der Waals surface area contributed by atoms with Gasteiger partial charge in [0.05, 0.1) is 5.69 Å². The monoisotopic (exact) mass is 275 g/mol. The largest absolute Gasteiger partial charge is 0.312 e. The van der Waals surface area contributed by atoms with Crippen molar-refractivity contribution in [3.05, 3.63) is 58.2 Å². The van der Waals surface area contributed by atoms with Gasteiger partial charge in [-0.05, 0) is 24.6 Å². The molecule has 1 aliphatic heterocycles. The number of aromatic nitrogens is 2. The number of benzene rings is 1. The Labute approximate surface area is 116 Å². The fourth-order valence-corrected chi connectivity index (χ4v) is 2.55. The Morgan fingerprint density at radius 3 is 2.65 bits per heavy atom. The van der Waals surface area contributed by atoms with Gasteiger partial charge in [-0.15, -0.1) is 0 Å². The molecule has 1 N–H and O–H groups in total. The summed E-state index contributed by atoms with van der Waals surface area (Å²) in [6.45, 7) is 3.64. The van der Waals surface area contributed by atoms with Gasteiger partial charge in [0.2, 0.25) is 0 Å². The number of nitrogens with one attached hydrogen (secondary N) is 1. The van der Waals surface area contributed by atoms with Crippen LogP contribution in [-0.4, -0.2) is 16.5 Å². The molecule has 0 atom stereocenters. The van der Waals surface area contributed by atoms with Crippen molar-refractivity contribution in [3.63, 3.8) is 0 Å². The van der Waals surface area contributed by atoms with Crippen molar-refractivity contribution >= 4 is 0 Å². The lowest BCUT2D eigenvalue weighted by Gasteiger charge is -2.18. The molecular formula is C15H15F2N3. The van der Waals surface area contributed by atoms with Gasteiger partial charge in [0.15, 0.2) is 0 Å². The quantitative estimate of drug-likeness (QED) is 0.914. The Kier molecular flexibility index (Phi) is 3.44. The molecule has 3 nitrogen and oxygen atoms in total. The van der Waals surface area contributed by atoms with Gasteiger partial charge in [-0.25, -0.2) is 18.7 Å². The number of hydrogen-bond donors (Lipinski definition) is 1. The summed E-state index contributed by atoms with van der Waals surface area (Å²) in [7, 11) is 0. The average Bonchev–Trinajstić information content (AvgIpc) is 2.37. The maximum Gasteiger partial charge on any atom is 0.133 e. The molecular weight excluding hydrogens is 260 g/mol. The molecule has 1 aliphatic rings. The van der Waals surface area contributed by atoms with Crippen LogP contribution in [0.4, 0.5) is 8.78 Å². The van der Waals surface area contributed by atoms with E-state index in [1.807, 2.05) is 6.92 Å². The van der Waals surface area contributed by atoms with Crippen LogP contribution < -0.4 is 5.32 Å². The highest BCUT2D eigenvalue weighted by Gasteiger charge is 2.15. The summed E-state index contributed by atoms with van der Waals surface area (Å²) in [4.78, 5) is 8.98. The zero-order chi connectivity index (χ0) is 14.1. The first-order chi connectivity index (χ1) is 9.61. The van der Waals surface area contributed by atoms with E-state index in [0.29, 0.717) is 17.8 Å². The third-order valence-electron chi connectivity index (χ3n) is 3.47. The van der Waals surface area contributed by atoms with Gasteiger partial charge in [-0.2, -0.15) is 0 Å². The number of fused-ring (bicyclic) bond motifs is 1. The van der Waals surface area contributed by atoms with Crippen LogP contribution in [0.5, 0.6) is 0 Å². The van der Waals surface area contributed by atoms with Crippen LogP contribution in [0.15, 0.2) is 18.2 Å². The van der Waals surface area contributed by atoms with Crippen molar-refractivity contribution < 1.29 is 8.78 Å². The third kappa shape index (κ3) is 2.67. The summed E-state index contributed by atoms with van der Waals surface area (Å²) in [6.07, 6.45) is 1.21. The second-order valence-electron chi connectivity index (χ2n) is 5.03. The number of nitrogens with zero attached hydrogens (tertiary/aromatic N) is 2. The Bertz CT molecular complexity index is 636. The van der Waals surface area contributed by atoms with Crippen LogP contribution in [0, 0.1) is 18.6 Å². The molecule has 0 radical (unpaired) electrons. The molecule has 2 aromatic rings. The third-order valence-corrected chi connectivity index (χ3v) is 3.47. The standard InChI is InChI=1S/C15H15F2N3/c1-9-13-8-18-3-2-14(13)20-15(19-9)6-10-4-11(16)7-12(17)5-10/h4-5,7,18H,2-3,6,8H2,1H3. The molecule has 5 heteroatoms. The molecule has 0 spiro atoms. The smallest absolute Gasteiger partial charge is 0.133 e. The molecule has 3 rings (SSSR count). The van der Waals surface area contributed by atoms with E-state index in [2.05, 4.69) is 15.3 Å². The minimum absolute atomic E-state index is 0.343. The maximum atomic E-state index is 13.2. The molecule has 0 saturated carbocycles. The normalized spacial score (nSPS) is 14.2. The molecule has 0 saturated heterocycles. The van der Waals surface area contributed by atoms with Gasteiger partial charge in [-0.1, -0.05) is 0 Å². The van der Waals surface area contributed by atoms with Gasteiger partial charge < -0.3 is 5.32 Å². The summed E-state index contributed by atoms with van der Waals surface area (Å²) >= 11 is 0. The zero-order valence-corrected chi connectivity index (χ0v) is 11.2. The van der Waals surface area contributed by atoms with Crippen LogP contribution >= 0.6 is 0 Å². The Morgan fingerprint density at radius 2 is 1.90 bits per heavy atom. The van der Waals surface area contributed by atoms with E-state index < -0.39 is 11.6 Å². The van der Waals surface area contributed by atoms with Crippen LogP contribution in [0.1, 0.15) is 28.3 Å². The molecule has 0 bridgehead atoms. The number of hydrogen-bond acceptors (Lipinski definition) is 3. The van der Waals surface area contributed by atoms with Gasteiger partial charge in [0.1, 0.15) is 17.5 Å². The molecule has 0 amide bonds. The summed E-state index contributed by atoms with van der Waals surface area (Å²) in [5.41, 5.74) is 3.68. The predicted molar refractivity (Wildman–Crippen MR) is 71.3 cm³/mol. The Balaban J connectivity index is 1.92. The first-order valence-corrected chi connectivity index (χ1v) is 6.63. The summed E-state index contributed by atoms with van der Waals surface area (Å²) in [6, 6.07) is 3.51. The number of rotatable bonds is 2. The fourth-order valence-electron chi connectivity index (χ4n) is 2.55. The minimum atomic E-state index is -0.570. The van der Waals surface area contributed by atoms with Crippen LogP contribution in [-0.2, 0) is 19.4 Å². The van der Waals surface area contributed by atoms with E-state index in [4.69, 9.17) is 0 Å². The lowest BCUT2D eigenvalue weighted by atomic mass is 10.0. The molecule has 1 aromatic heterocycles. The predicted octanol–water partition coefficient (Wildman–Crippen LogP) is 2.30. The Hall–Kier alpha value is -1.88. The highest BCUT2D eigenvalue weighted by Crippen LogP contribution is 2.17. The molecule has 20 heavy (non-hydrogen) atoms. The van der Waals surface area contributed by atoms with Crippen LogP contribution in [0.3, 0.4) is 0 Å². The van der Waals surface area contributed by atoms with Gasteiger partial charge in [0.25, 0.3) is 0 Å². The van der Waals surface area contributed by atoms with E-state index in [9.17, 15) is 8.78 Å². The van der Waals surface area contributed by atoms with E-state index in [0.717, 1.165) is 42.5 Å². The van der Waals surface area contributed by atoms with Crippen LogP contribution in [0.25, 0.3) is 0 Å². The van der Waals surface area contributed by atoms with Crippen molar-refractivity contribution in [1.82, 2.24) is 15.3 Å². The van der Waals surface area contributed by atoms with Crippen molar-refractivity contribution in [2.45, 2.75) is 26.3 Å². The van der Waals surface area contributed by atoms with Gasteiger partial charge in [-0.3, -0.25) is 0 Å². The summed E-state index contributed by atoms with van der Waals surface area (Å²) < 4.78 is 26.4. The first-order valence-electron chi connectivity index (χ1n) is 6.63. The lowest BCUT2D eigenvalue weighted by molar-refractivity contribution is 0.579. The number of aryl methyl sites for hydroxylation is 1. The SMILES string of the molecule is Cc1nc(Cc2cc(F)cc(F)c2)nc2c1CNCC2. The van der Waals surface area contributed by atoms with Crippen molar-refractivity contribution in [2.75, 3.05) is 6.54 Å². The highest BCUT2D eigenvalue weighted by atomic mass is 19.1. The average molecular weight is 275 g/mol. The fraction of sp³-hybridized carbons (Fsp3) is 0.333. The topological polar surface area (TPSA) is 37.8 Å². The van der Waals surface area contributed by atoms with E-state index in [1.54, 1.807) is 0 Å². The minimum Gasteiger partial charge on any atom is -0.312 e. The van der Waals surface area contributed by atoms with Gasteiger partial charge in [0, 0.05) is 43.3 Å². The molecule has 2 heterocycles. The van der Waals surface area contributed by atoms with Crippen molar-refractivity contribution in [1.29, 1.82) is 0 Å². The molecule has 0 aliphatic carbocycles. The van der Waals surface area contributed by atoms with E-state index in [-0.39, 0.29) is 0 Å². The Morgan fingerprint density at radius 1 is 1.15 bits per heavy atom. The molecule has 0 fully saturated rings. The van der Waals surface area contributed by atoms with E-state index >= 15 is 0 Å². The lowest BCUT2D eigenvalue weighted by Crippen LogP contribution is -2.26. The highest BCUT2D eigenvalue weighted by molar-refractivity contribution is 5.29. The number of halogens is 2. The van der Waals surface area contributed by atoms with Crippen molar-refractivity contribution in [2.24, 2.45) is 0 Å². The first kappa shape index (κ1) is 13.1. The van der Waals surface area contributed by atoms with E-state index in [1.165, 1.54) is 12.1 Å². The second-order valence-corrected chi connectivity index (χ2v) is 5.03. The van der Waals surface area contributed by atoms with Gasteiger partial charge >= 0.3 is 0 Å². The van der Waals surface area contributed by atoms with Crippen molar-refractivity contribution in [3.8, 4) is 0 Å². The summed E-state index contributed by atoms with van der Waals surface area (Å²) in [5, 5.41) is 3.29. The molecule has 1 aromatic carbocycles. The maximum absolute atomic E-state index is 13.2. The van der Waals surface area contributed by atoms with Crippen LogP contribution in [0.2, 0.25) is 0 Å². The molecule has 0 unspecified atom stereocenters. The molecule has 104 valence electrons. The zero-order valence-electron chi connectivity index (χ0n) is 11.2. The second kappa shape index (κ2) is 5.25.